The minimum absolute atomic E-state index is 0.0508. The van der Waals surface area contributed by atoms with Gasteiger partial charge in [0.15, 0.2) is 0 Å². The number of rotatable bonds is 6. The lowest BCUT2D eigenvalue weighted by atomic mass is 9.95. The number of aliphatic hydroxyl groups excluding tert-OH is 1. The molecule has 34 heavy (non-hydrogen) atoms. The Bertz CT molecular complexity index is 1030. The molecule has 0 bridgehead atoms. The van der Waals surface area contributed by atoms with E-state index in [0.29, 0.717) is 6.42 Å². The van der Waals surface area contributed by atoms with Gasteiger partial charge in [-0.05, 0) is 55.4 Å². The third-order valence-electron chi connectivity index (χ3n) is 7.59. The second-order valence-electron chi connectivity index (χ2n) is 10.2. The summed E-state index contributed by atoms with van der Waals surface area (Å²) in [4.78, 5) is 28.0. The third-order valence-corrected chi connectivity index (χ3v) is 7.59. The van der Waals surface area contributed by atoms with Gasteiger partial charge in [0.05, 0.1) is 17.8 Å². The van der Waals surface area contributed by atoms with Gasteiger partial charge >= 0.3 is 0 Å². The van der Waals surface area contributed by atoms with E-state index >= 15 is 0 Å². The number of nitrogens with zero attached hydrogens (tertiary/aromatic N) is 3. The number of benzene rings is 1. The maximum absolute atomic E-state index is 13.4. The molecule has 2 aliphatic rings. The molecular weight excluding hydrogens is 428 g/mol. The number of likely N-dealkylation sites (tertiary alicyclic amines) is 1. The summed E-state index contributed by atoms with van der Waals surface area (Å²) in [6, 6.07) is 7.83. The van der Waals surface area contributed by atoms with Gasteiger partial charge in [-0.2, -0.15) is 5.10 Å². The SMILES string of the molecule is CCn1nccc1-c1ccc2c(c1)CCCCC2NC(=O)C1CC(O)CN1C(=O)C(C)C(C)C. The molecule has 7 nitrogen and oxygen atoms in total. The number of carbonyl (C=O) groups is 2. The molecule has 4 atom stereocenters. The Kier molecular flexibility index (Phi) is 7.41. The zero-order valence-electron chi connectivity index (χ0n) is 20.8. The van der Waals surface area contributed by atoms with Crippen molar-refractivity contribution in [2.45, 2.75) is 84.5 Å². The molecule has 1 fully saturated rings. The molecule has 7 heteroatoms. The maximum Gasteiger partial charge on any atom is 0.243 e. The molecule has 4 unspecified atom stereocenters. The lowest BCUT2D eigenvalue weighted by Crippen LogP contribution is -2.48. The monoisotopic (exact) mass is 466 g/mol. The van der Waals surface area contributed by atoms with Gasteiger partial charge in [-0.15, -0.1) is 0 Å². The summed E-state index contributed by atoms with van der Waals surface area (Å²) in [6.45, 7) is 9.04. The van der Waals surface area contributed by atoms with Gasteiger partial charge < -0.3 is 15.3 Å². The van der Waals surface area contributed by atoms with Gasteiger partial charge in [-0.3, -0.25) is 14.3 Å². The van der Waals surface area contributed by atoms with E-state index in [1.807, 2.05) is 37.7 Å². The standard InChI is InChI=1S/C27H38N4O3/c1-5-31-24(12-13-28-31)20-10-11-22-19(14-20)8-6-7-9-23(22)29-26(33)25-15-21(32)16-30(25)27(34)18(4)17(2)3/h10-14,17-18,21,23,25,32H,5-9,15-16H2,1-4H3,(H,29,33). The molecule has 1 aliphatic carbocycles. The Labute approximate surface area is 202 Å². The topological polar surface area (TPSA) is 87.5 Å². The number of nitrogens with one attached hydrogen (secondary N) is 1. The van der Waals surface area contributed by atoms with Crippen LogP contribution in [0.15, 0.2) is 30.5 Å². The van der Waals surface area contributed by atoms with Crippen molar-refractivity contribution in [3.8, 4) is 11.3 Å². The Morgan fingerprint density at radius 1 is 1.21 bits per heavy atom. The molecule has 184 valence electrons. The van der Waals surface area contributed by atoms with Crippen molar-refractivity contribution in [2.75, 3.05) is 6.54 Å². The zero-order chi connectivity index (χ0) is 24.4. The summed E-state index contributed by atoms with van der Waals surface area (Å²) >= 11 is 0. The van der Waals surface area contributed by atoms with Crippen molar-refractivity contribution in [1.82, 2.24) is 20.0 Å². The summed E-state index contributed by atoms with van der Waals surface area (Å²) in [5, 5.41) is 17.9. The van der Waals surface area contributed by atoms with E-state index < -0.39 is 12.1 Å². The number of β-amino-alcohol motifs (C(OH)–C–C–N with tert-alkyl or cyclic N) is 1. The molecule has 0 radical (unpaired) electrons. The smallest absolute Gasteiger partial charge is 0.243 e. The van der Waals surface area contributed by atoms with Crippen molar-refractivity contribution >= 4 is 11.8 Å². The third kappa shape index (κ3) is 4.90. The molecule has 2 N–H and O–H groups in total. The quantitative estimate of drug-likeness (QED) is 0.636. The highest BCUT2D eigenvalue weighted by molar-refractivity contribution is 5.89. The first kappa shape index (κ1) is 24.5. The number of hydrogen-bond acceptors (Lipinski definition) is 4. The average Bonchev–Trinajstić information content (AvgIpc) is 3.41. The summed E-state index contributed by atoms with van der Waals surface area (Å²) in [5.74, 6) is -0.216. The Balaban J connectivity index is 1.55. The number of aliphatic hydroxyl groups is 1. The van der Waals surface area contributed by atoms with Crippen LogP contribution in [0.1, 0.15) is 70.5 Å². The molecule has 2 heterocycles. The normalized spacial score (nSPS) is 23.5. The molecule has 1 aliphatic heterocycles. The zero-order valence-corrected chi connectivity index (χ0v) is 20.8. The molecule has 1 saturated heterocycles. The van der Waals surface area contributed by atoms with Crippen LogP contribution < -0.4 is 5.32 Å². The van der Waals surface area contributed by atoms with Crippen LogP contribution in [0, 0.1) is 11.8 Å². The van der Waals surface area contributed by atoms with Gasteiger partial charge in [0.2, 0.25) is 11.8 Å². The highest BCUT2D eigenvalue weighted by atomic mass is 16.3. The van der Waals surface area contributed by atoms with Crippen molar-refractivity contribution in [2.24, 2.45) is 11.8 Å². The van der Waals surface area contributed by atoms with Crippen LogP contribution in [0.25, 0.3) is 11.3 Å². The molecule has 1 aromatic heterocycles. The van der Waals surface area contributed by atoms with Crippen molar-refractivity contribution in [1.29, 1.82) is 0 Å². The largest absolute Gasteiger partial charge is 0.391 e. The van der Waals surface area contributed by atoms with Crippen LogP contribution in [0.5, 0.6) is 0 Å². The predicted octanol–water partition coefficient (Wildman–Crippen LogP) is 3.71. The van der Waals surface area contributed by atoms with Crippen LogP contribution in [-0.2, 0) is 22.6 Å². The molecule has 0 spiro atoms. The number of amides is 2. The van der Waals surface area contributed by atoms with E-state index in [1.165, 1.54) is 5.56 Å². The lowest BCUT2D eigenvalue weighted by Gasteiger charge is -2.29. The Morgan fingerprint density at radius 3 is 2.74 bits per heavy atom. The summed E-state index contributed by atoms with van der Waals surface area (Å²) in [7, 11) is 0. The fourth-order valence-electron chi connectivity index (χ4n) is 5.24. The van der Waals surface area contributed by atoms with Crippen LogP contribution in [-0.4, -0.2) is 50.3 Å². The average molecular weight is 467 g/mol. The van der Waals surface area contributed by atoms with Crippen LogP contribution in [0.4, 0.5) is 0 Å². The van der Waals surface area contributed by atoms with Crippen molar-refractivity contribution in [3.63, 3.8) is 0 Å². The van der Waals surface area contributed by atoms with E-state index in [2.05, 4.69) is 35.5 Å². The maximum atomic E-state index is 13.4. The van der Waals surface area contributed by atoms with Gasteiger partial charge in [-0.1, -0.05) is 39.3 Å². The van der Waals surface area contributed by atoms with Crippen LogP contribution in [0.3, 0.4) is 0 Å². The van der Waals surface area contributed by atoms with Crippen LogP contribution >= 0.6 is 0 Å². The highest BCUT2D eigenvalue weighted by Gasteiger charge is 2.41. The molecule has 1 aromatic carbocycles. The summed E-state index contributed by atoms with van der Waals surface area (Å²) in [6.07, 6.45) is 5.42. The van der Waals surface area contributed by atoms with E-state index in [1.54, 1.807) is 4.90 Å². The van der Waals surface area contributed by atoms with E-state index in [9.17, 15) is 14.7 Å². The Hall–Kier alpha value is -2.67. The number of hydrogen-bond donors (Lipinski definition) is 2. The van der Waals surface area contributed by atoms with Gasteiger partial charge in [0, 0.05) is 37.2 Å². The summed E-state index contributed by atoms with van der Waals surface area (Å²) in [5.41, 5.74) is 4.66. The highest BCUT2D eigenvalue weighted by Crippen LogP contribution is 2.33. The van der Waals surface area contributed by atoms with Gasteiger partial charge in [0.1, 0.15) is 6.04 Å². The van der Waals surface area contributed by atoms with E-state index in [0.717, 1.165) is 49.0 Å². The number of carbonyl (C=O) groups excluding carboxylic acids is 2. The molecule has 2 amide bonds. The van der Waals surface area contributed by atoms with Crippen LogP contribution in [0.2, 0.25) is 0 Å². The van der Waals surface area contributed by atoms with Crippen molar-refractivity contribution < 1.29 is 14.7 Å². The van der Waals surface area contributed by atoms with E-state index in [-0.39, 0.29) is 36.2 Å². The van der Waals surface area contributed by atoms with Crippen molar-refractivity contribution in [3.05, 3.63) is 41.6 Å². The van der Waals surface area contributed by atoms with E-state index in [4.69, 9.17) is 0 Å². The molecule has 0 saturated carbocycles. The van der Waals surface area contributed by atoms with Gasteiger partial charge in [0.25, 0.3) is 0 Å². The second-order valence-corrected chi connectivity index (χ2v) is 10.2. The second kappa shape index (κ2) is 10.3. The molecule has 2 aromatic rings. The fraction of sp³-hybridized carbons (Fsp3) is 0.593. The molecule has 4 rings (SSSR count). The number of aryl methyl sites for hydroxylation is 2. The number of fused-ring (bicyclic) bond motifs is 1. The first-order chi connectivity index (χ1) is 16.3. The fourth-order valence-corrected chi connectivity index (χ4v) is 5.24. The molecular formula is C27H38N4O3. The number of aromatic nitrogens is 2. The lowest BCUT2D eigenvalue weighted by molar-refractivity contribution is -0.142. The predicted molar refractivity (Wildman–Crippen MR) is 132 cm³/mol. The Morgan fingerprint density at radius 2 is 2.00 bits per heavy atom. The summed E-state index contributed by atoms with van der Waals surface area (Å²) < 4.78 is 1.99. The minimum atomic E-state index is -0.661. The first-order valence-electron chi connectivity index (χ1n) is 12.7. The minimum Gasteiger partial charge on any atom is -0.391 e. The van der Waals surface area contributed by atoms with Gasteiger partial charge in [-0.25, -0.2) is 0 Å². The first-order valence-corrected chi connectivity index (χ1v) is 12.7.